The third-order valence-corrected chi connectivity index (χ3v) is 4.28. The molecule has 0 saturated carbocycles. The summed E-state index contributed by atoms with van der Waals surface area (Å²) in [4.78, 5) is 25.9. The minimum Gasteiger partial charge on any atom is -0.322 e. The number of carbonyl (C=O) groups excluding carboxylic acids is 2. The van der Waals surface area contributed by atoms with E-state index in [1.54, 1.807) is 6.07 Å². The van der Waals surface area contributed by atoms with Gasteiger partial charge in [-0.25, -0.2) is 4.79 Å². The van der Waals surface area contributed by atoms with Crippen molar-refractivity contribution in [2.24, 2.45) is 0 Å². The summed E-state index contributed by atoms with van der Waals surface area (Å²) in [5.41, 5.74) is 0.00910. The molecule has 0 aromatic heterocycles. The number of benzene rings is 1. The lowest BCUT2D eigenvalue weighted by Gasteiger charge is -2.31. The Morgan fingerprint density at radius 3 is 2.80 bits per heavy atom. The van der Waals surface area contributed by atoms with Crippen molar-refractivity contribution in [1.82, 2.24) is 15.5 Å². The van der Waals surface area contributed by atoms with Crippen LogP contribution in [-0.4, -0.2) is 35.5 Å². The van der Waals surface area contributed by atoms with Crippen molar-refractivity contribution in [2.75, 3.05) is 13.1 Å². The molecule has 3 amide bonds. The number of carbonyl (C=O) groups is 2. The lowest BCUT2D eigenvalue weighted by Crippen LogP contribution is -2.57. The van der Waals surface area contributed by atoms with E-state index in [1.165, 1.54) is 4.90 Å². The van der Waals surface area contributed by atoms with Crippen LogP contribution in [0.5, 0.6) is 0 Å². The summed E-state index contributed by atoms with van der Waals surface area (Å²) in [5.74, 6) is -0.158. The third kappa shape index (κ3) is 2.17. The van der Waals surface area contributed by atoms with Gasteiger partial charge in [-0.15, -0.1) is 0 Å². The number of nitrogens with zero attached hydrogens (tertiary/aromatic N) is 1. The Morgan fingerprint density at radius 2 is 2.10 bits per heavy atom. The van der Waals surface area contributed by atoms with Crippen LogP contribution in [0.15, 0.2) is 24.3 Å². The van der Waals surface area contributed by atoms with Crippen LogP contribution in [-0.2, 0) is 11.3 Å². The molecule has 1 atom stereocenters. The van der Waals surface area contributed by atoms with Gasteiger partial charge >= 0.3 is 6.03 Å². The highest BCUT2D eigenvalue weighted by molar-refractivity contribution is 6.31. The van der Waals surface area contributed by atoms with Crippen molar-refractivity contribution in [3.8, 4) is 0 Å². The van der Waals surface area contributed by atoms with Gasteiger partial charge in [-0.2, -0.15) is 0 Å². The average Bonchev–Trinajstić information content (AvgIpc) is 2.66. The van der Waals surface area contributed by atoms with E-state index >= 15 is 0 Å². The Kier molecular flexibility index (Phi) is 3.40. The second-order valence-corrected chi connectivity index (χ2v) is 5.68. The molecule has 2 N–H and O–H groups in total. The molecule has 106 valence electrons. The van der Waals surface area contributed by atoms with E-state index in [4.69, 9.17) is 11.6 Å². The van der Waals surface area contributed by atoms with Gasteiger partial charge in [0.15, 0.2) is 0 Å². The molecule has 2 aliphatic rings. The zero-order valence-corrected chi connectivity index (χ0v) is 11.7. The molecule has 0 bridgehead atoms. The molecule has 1 aromatic rings. The number of nitrogens with one attached hydrogen (secondary N) is 2. The second kappa shape index (κ2) is 5.07. The SMILES string of the molecule is O=C1NC2(CCCNC2)C(=O)N1Cc1ccccc1Cl. The standard InChI is InChI=1S/C14H16ClN3O2/c15-11-5-2-1-4-10(11)8-18-12(19)14(17-13(18)20)6-3-7-16-9-14/h1-2,4-5,16H,3,6-9H2,(H,17,20). The first-order chi connectivity index (χ1) is 9.62. The number of hydrogen-bond donors (Lipinski definition) is 2. The number of piperidine rings is 1. The van der Waals surface area contributed by atoms with Crippen molar-refractivity contribution < 1.29 is 9.59 Å². The maximum atomic E-state index is 12.6. The summed E-state index contributed by atoms with van der Waals surface area (Å²) < 4.78 is 0. The highest BCUT2D eigenvalue weighted by Gasteiger charge is 2.51. The minimum atomic E-state index is -0.767. The number of urea groups is 1. The summed E-state index contributed by atoms with van der Waals surface area (Å²) in [6.07, 6.45) is 1.57. The smallest absolute Gasteiger partial charge is 0.322 e. The summed E-state index contributed by atoms with van der Waals surface area (Å²) >= 11 is 6.09. The van der Waals surface area contributed by atoms with E-state index in [-0.39, 0.29) is 18.5 Å². The van der Waals surface area contributed by atoms with Gasteiger partial charge in [0.05, 0.1) is 6.54 Å². The van der Waals surface area contributed by atoms with Crippen LogP contribution >= 0.6 is 11.6 Å². The molecule has 1 unspecified atom stereocenters. The molecule has 3 rings (SSSR count). The quantitative estimate of drug-likeness (QED) is 0.813. The molecule has 0 radical (unpaired) electrons. The van der Waals surface area contributed by atoms with Crippen LogP contribution in [0.4, 0.5) is 4.79 Å². The Hall–Kier alpha value is -1.59. The summed E-state index contributed by atoms with van der Waals surface area (Å²) in [5, 5.41) is 6.58. The first-order valence-corrected chi connectivity index (χ1v) is 7.08. The Bertz CT molecular complexity index is 555. The predicted molar refractivity (Wildman–Crippen MR) is 75.4 cm³/mol. The van der Waals surface area contributed by atoms with Crippen LogP contribution in [0, 0.1) is 0 Å². The van der Waals surface area contributed by atoms with Crippen molar-refractivity contribution >= 4 is 23.5 Å². The van der Waals surface area contributed by atoms with Gasteiger partial charge in [0.1, 0.15) is 5.54 Å². The first kappa shape index (κ1) is 13.4. The Balaban J connectivity index is 1.82. The van der Waals surface area contributed by atoms with E-state index in [1.807, 2.05) is 18.2 Å². The monoisotopic (exact) mass is 293 g/mol. The maximum absolute atomic E-state index is 12.6. The fraction of sp³-hybridized carbons (Fsp3) is 0.429. The van der Waals surface area contributed by atoms with Gasteiger partial charge in [-0.1, -0.05) is 29.8 Å². The number of imide groups is 1. The molecule has 0 aliphatic carbocycles. The van der Waals surface area contributed by atoms with Crippen molar-refractivity contribution in [3.05, 3.63) is 34.9 Å². The minimum absolute atomic E-state index is 0.158. The zero-order chi connectivity index (χ0) is 14.2. The molecule has 1 aromatic carbocycles. The van der Waals surface area contributed by atoms with E-state index < -0.39 is 5.54 Å². The lowest BCUT2D eigenvalue weighted by atomic mass is 9.90. The first-order valence-electron chi connectivity index (χ1n) is 6.71. The predicted octanol–water partition coefficient (Wildman–Crippen LogP) is 1.51. The van der Waals surface area contributed by atoms with Crippen LogP contribution in [0.3, 0.4) is 0 Å². The molecular formula is C14H16ClN3O2. The van der Waals surface area contributed by atoms with E-state index in [2.05, 4.69) is 10.6 Å². The molecule has 1 spiro atoms. The fourth-order valence-corrected chi connectivity index (χ4v) is 3.01. The van der Waals surface area contributed by atoms with Crippen LogP contribution in [0.25, 0.3) is 0 Å². The van der Waals surface area contributed by atoms with Crippen LogP contribution < -0.4 is 10.6 Å². The van der Waals surface area contributed by atoms with Gasteiger partial charge in [0.25, 0.3) is 5.91 Å². The molecule has 2 fully saturated rings. The van der Waals surface area contributed by atoms with Crippen molar-refractivity contribution in [3.63, 3.8) is 0 Å². The summed E-state index contributed by atoms with van der Waals surface area (Å²) in [6, 6.07) is 6.92. The largest absolute Gasteiger partial charge is 0.325 e. The molecule has 6 heteroatoms. The summed E-state index contributed by atoms with van der Waals surface area (Å²) in [6.45, 7) is 1.60. The normalized spacial score (nSPS) is 26.1. The molecular weight excluding hydrogens is 278 g/mol. The maximum Gasteiger partial charge on any atom is 0.325 e. The highest BCUT2D eigenvalue weighted by atomic mass is 35.5. The molecule has 2 saturated heterocycles. The van der Waals surface area contributed by atoms with E-state index in [9.17, 15) is 9.59 Å². The number of amides is 3. The molecule has 20 heavy (non-hydrogen) atoms. The van der Waals surface area contributed by atoms with Crippen molar-refractivity contribution in [2.45, 2.75) is 24.9 Å². The van der Waals surface area contributed by atoms with Gasteiger partial charge < -0.3 is 10.6 Å². The second-order valence-electron chi connectivity index (χ2n) is 5.28. The third-order valence-electron chi connectivity index (χ3n) is 3.92. The fourth-order valence-electron chi connectivity index (χ4n) is 2.81. The molecule has 2 aliphatic heterocycles. The van der Waals surface area contributed by atoms with Gasteiger partial charge in [0.2, 0.25) is 0 Å². The zero-order valence-electron chi connectivity index (χ0n) is 11.0. The van der Waals surface area contributed by atoms with Crippen molar-refractivity contribution in [1.29, 1.82) is 0 Å². The highest BCUT2D eigenvalue weighted by Crippen LogP contribution is 2.27. The number of halogens is 1. The topological polar surface area (TPSA) is 61.4 Å². The van der Waals surface area contributed by atoms with Crippen LogP contribution in [0.1, 0.15) is 18.4 Å². The van der Waals surface area contributed by atoms with Gasteiger partial charge in [-0.3, -0.25) is 9.69 Å². The Labute approximate surface area is 122 Å². The number of hydrogen-bond acceptors (Lipinski definition) is 3. The lowest BCUT2D eigenvalue weighted by molar-refractivity contribution is -0.132. The Morgan fingerprint density at radius 1 is 1.30 bits per heavy atom. The van der Waals surface area contributed by atoms with Gasteiger partial charge in [-0.05, 0) is 31.0 Å². The van der Waals surface area contributed by atoms with E-state index in [0.29, 0.717) is 18.0 Å². The van der Waals surface area contributed by atoms with E-state index in [0.717, 1.165) is 18.5 Å². The number of rotatable bonds is 2. The molecule has 2 heterocycles. The summed E-state index contributed by atoms with van der Waals surface area (Å²) in [7, 11) is 0. The average molecular weight is 294 g/mol. The van der Waals surface area contributed by atoms with Crippen LogP contribution in [0.2, 0.25) is 5.02 Å². The molecule has 5 nitrogen and oxygen atoms in total. The van der Waals surface area contributed by atoms with Gasteiger partial charge in [0, 0.05) is 11.6 Å².